The largest absolute Gasteiger partial charge is 0.390 e. The summed E-state index contributed by atoms with van der Waals surface area (Å²) in [6, 6.07) is 19.4. The molecule has 0 spiro atoms. The average Bonchev–Trinajstić information content (AvgIpc) is 2.99. The third-order valence-corrected chi connectivity index (χ3v) is 7.47. The number of hydrogen-bond acceptors (Lipinski definition) is 3. The Morgan fingerprint density at radius 3 is 2.58 bits per heavy atom. The standard InChI is InChI=1S/C36H38N4/c1-25(2)40-36-22-31-17-16-30(20-33(31)21-34(36)23-37)29-9-6-10-32(19-29)35(39-24-38)18-13-26-11-14-28(15-12-26)27-7-4-3-5-8-27/h4,6-14,16-25,28,35,37,40H,3,5,15H2,1-2H3,(H2,38,39)/b18-13+,37-23?. The van der Waals surface area contributed by atoms with Crippen LogP contribution in [0.25, 0.3) is 21.9 Å². The van der Waals surface area contributed by atoms with Crippen molar-refractivity contribution in [3.8, 4) is 11.1 Å². The van der Waals surface area contributed by atoms with E-state index in [9.17, 15) is 0 Å². The number of nitrogens with two attached hydrogens (primary N) is 1. The lowest BCUT2D eigenvalue weighted by molar-refractivity contribution is 0.766. The van der Waals surface area contributed by atoms with E-state index in [0.717, 1.165) is 58.0 Å². The number of nitrogens with zero attached hydrogens (tertiary/aromatic N) is 1. The van der Waals surface area contributed by atoms with Crippen LogP contribution in [-0.2, 0) is 0 Å². The molecule has 5 rings (SSSR count). The average molecular weight is 527 g/mol. The van der Waals surface area contributed by atoms with Crippen LogP contribution in [0.5, 0.6) is 0 Å². The van der Waals surface area contributed by atoms with Gasteiger partial charge in [-0.25, -0.2) is 0 Å². The molecule has 0 heterocycles. The zero-order valence-corrected chi connectivity index (χ0v) is 23.3. The molecule has 0 aromatic heterocycles. The van der Waals surface area contributed by atoms with E-state index in [1.165, 1.54) is 23.7 Å². The number of fused-ring (bicyclic) bond motifs is 1. The summed E-state index contributed by atoms with van der Waals surface area (Å²) in [6.07, 6.45) is 24.2. The number of allylic oxidation sites excluding steroid dienone is 9. The van der Waals surface area contributed by atoms with Crippen LogP contribution in [0.4, 0.5) is 5.69 Å². The zero-order valence-electron chi connectivity index (χ0n) is 23.3. The van der Waals surface area contributed by atoms with Crippen LogP contribution < -0.4 is 11.1 Å². The SMILES string of the molecule is CC(C)Nc1cc2ccc(-c3cccc(C(/C=C/C4=CCC(C5=CCCC=C5)C=C4)N=CN)c3)cc2cc1C=N. The smallest absolute Gasteiger partial charge is 0.0950 e. The lowest BCUT2D eigenvalue weighted by atomic mass is 9.87. The van der Waals surface area contributed by atoms with Crippen LogP contribution in [0.15, 0.2) is 119 Å². The quantitative estimate of drug-likeness (QED) is 0.193. The first kappa shape index (κ1) is 27.1. The topological polar surface area (TPSA) is 74.3 Å². The predicted molar refractivity (Wildman–Crippen MR) is 172 cm³/mol. The Labute approximate surface area is 237 Å². The number of benzene rings is 3. The fourth-order valence-electron chi connectivity index (χ4n) is 5.41. The van der Waals surface area contributed by atoms with E-state index >= 15 is 0 Å². The first-order chi connectivity index (χ1) is 19.5. The first-order valence-electron chi connectivity index (χ1n) is 14.2. The first-order valence-corrected chi connectivity index (χ1v) is 14.2. The Morgan fingerprint density at radius 1 is 0.975 bits per heavy atom. The maximum atomic E-state index is 7.90. The molecule has 3 aromatic carbocycles. The van der Waals surface area contributed by atoms with Gasteiger partial charge in [0.2, 0.25) is 0 Å². The second kappa shape index (κ2) is 12.6. The van der Waals surface area contributed by atoms with Crippen molar-refractivity contribution in [1.82, 2.24) is 0 Å². The maximum absolute atomic E-state index is 7.90. The Morgan fingerprint density at radius 2 is 1.85 bits per heavy atom. The van der Waals surface area contributed by atoms with E-state index < -0.39 is 0 Å². The molecule has 0 aliphatic heterocycles. The number of rotatable bonds is 9. The molecule has 0 radical (unpaired) electrons. The van der Waals surface area contributed by atoms with Crippen LogP contribution in [0, 0.1) is 11.3 Å². The van der Waals surface area contributed by atoms with E-state index in [4.69, 9.17) is 11.1 Å². The maximum Gasteiger partial charge on any atom is 0.0950 e. The molecular weight excluding hydrogens is 488 g/mol. The monoisotopic (exact) mass is 526 g/mol. The van der Waals surface area contributed by atoms with Crippen LogP contribution in [0.2, 0.25) is 0 Å². The van der Waals surface area contributed by atoms with Gasteiger partial charge in [0.1, 0.15) is 0 Å². The Bertz CT molecular complexity index is 1560. The summed E-state index contributed by atoms with van der Waals surface area (Å²) in [4.78, 5) is 4.57. The summed E-state index contributed by atoms with van der Waals surface area (Å²) >= 11 is 0. The minimum atomic E-state index is -0.171. The van der Waals surface area contributed by atoms with Gasteiger partial charge in [0.05, 0.1) is 12.4 Å². The van der Waals surface area contributed by atoms with Gasteiger partial charge in [-0.1, -0.05) is 78.9 Å². The van der Waals surface area contributed by atoms with Crippen molar-refractivity contribution in [1.29, 1.82) is 5.41 Å². The highest BCUT2D eigenvalue weighted by Gasteiger charge is 2.13. The Hall–Kier alpha value is -4.44. The fraction of sp³-hybridized carbons (Fsp3) is 0.222. The molecule has 202 valence electrons. The van der Waals surface area contributed by atoms with Crippen molar-refractivity contribution in [2.75, 3.05) is 5.32 Å². The van der Waals surface area contributed by atoms with Gasteiger partial charge in [-0.2, -0.15) is 0 Å². The third kappa shape index (κ3) is 6.40. The van der Waals surface area contributed by atoms with Crippen LogP contribution in [0.1, 0.15) is 50.3 Å². The summed E-state index contributed by atoms with van der Waals surface area (Å²) in [5.41, 5.74) is 13.6. The van der Waals surface area contributed by atoms with Crippen LogP contribution in [0.3, 0.4) is 0 Å². The molecule has 2 aliphatic rings. The van der Waals surface area contributed by atoms with Gasteiger partial charge >= 0.3 is 0 Å². The third-order valence-electron chi connectivity index (χ3n) is 7.47. The lowest BCUT2D eigenvalue weighted by Crippen LogP contribution is -2.11. The van der Waals surface area contributed by atoms with Crippen molar-refractivity contribution >= 4 is 29.0 Å². The van der Waals surface area contributed by atoms with Crippen molar-refractivity contribution in [2.24, 2.45) is 16.6 Å². The van der Waals surface area contributed by atoms with Crippen molar-refractivity contribution in [3.05, 3.63) is 125 Å². The summed E-state index contributed by atoms with van der Waals surface area (Å²) in [7, 11) is 0. The van der Waals surface area contributed by atoms with Gasteiger partial charge in [0.25, 0.3) is 0 Å². The highest BCUT2D eigenvalue weighted by molar-refractivity contribution is 5.98. The molecule has 0 bridgehead atoms. The number of nitrogens with one attached hydrogen (secondary N) is 2. The summed E-state index contributed by atoms with van der Waals surface area (Å²) < 4.78 is 0. The van der Waals surface area contributed by atoms with E-state index in [0.29, 0.717) is 12.0 Å². The molecule has 4 N–H and O–H groups in total. The second-order valence-corrected chi connectivity index (χ2v) is 10.8. The minimum absolute atomic E-state index is 0.171. The van der Waals surface area contributed by atoms with Gasteiger partial charge in [-0.05, 0) is 96.0 Å². The molecule has 2 atom stereocenters. The van der Waals surface area contributed by atoms with Gasteiger partial charge in [-0.3, -0.25) is 4.99 Å². The van der Waals surface area contributed by atoms with Crippen molar-refractivity contribution in [2.45, 2.75) is 45.2 Å². The number of aliphatic imine (C=N–C) groups is 1. The normalized spacial score (nSPS) is 17.9. The Balaban J connectivity index is 1.37. The van der Waals surface area contributed by atoms with E-state index in [2.05, 4.69) is 127 Å². The molecule has 0 saturated heterocycles. The second-order valence-electron chi connectivity index (χ2n) is 10.8. The van der Waals surface area contributed by atoms with E-state index in [-0.39, 0.29) is 6.04 Å². The number of anilines is 1. The van der Waals surface area contributed by atoms with Gasteiger partial charge in [-0.15, -0.1) is 0 Å². The molecular formula is C36H38N4. The summed E-state index contributed by atoms with van der Waals surface area (Å²) in [5.74, 6) is 0.471. The molecule has 2 unspecified atom stereocenters. The van der Waals surface area contributed by atoms with Crippen molar-refractivity contribution in [3.63, 3.8) is 0 Å². The molecule has 3 aromatic rings. The highest BCUT2D eigenvalue weighted by atomic mass is 14.9. The lowest BCUT2D eigenvalue weighted by Gasteiger charge is -2.18. The van der Waals surface area contributed by atoms with E-state index in [1.54, 1.807) is 0 Å². The molecule has 40 heavy (non-hydrogen) atoms. The zero-order chi connectivity index (χ0) is 27.9. The summed E-state index contributed by atoms with van der Waals surface area (Å²) in [5, 5.41) is 13.6. The predicted octanol–water partition coefficient (Wildman–Crippen LogP) is 8.69. The highest BCUT2D eigenvalue weighted by Crippen LogP contribution is 2.32. The summed E-state index contributed by atoms with van der Waals surface area (Å²) in [6.45, 7) is 4.22. The molecule has 4 nitrogen and oxygen atoms in total. The fourth-order valence-corrected chi connectivity index (χ4v) is 5.41. The molecule has 0 saturated carbocycles. The van der Waals surface area contributed by atoms with Gasteiger partial charge < -0.3 is 16.5 Å². The Kier molecular flexibility index (Phi) is 8.56. The van der Waals surface area contributed by atoms with Crippen LogP contribution >= 0.6 is 0 Å². The minimum Gasteiger partial charge on any atom is -0.390 e. The molecule has 0 amide bonds. The van der Waals surface area contributed by atoms with Crippen molar-refractivity contribution < 1.29 is 0 Å². The van der Waals surface area contributed by atoms with Gasteiger partial charge in [0.15, 0.2) is 0 Å². The van der Waals surface area contributed by atoms with Crippen LogP contribution in [-0.4, -0.2) is 18.6 Å². The number of hydrogen-bond donors (Lipinski definition) is 3. The molecule has 4 heteroatoms. The molecule has 0 fully saturated rings. The molecule has 2 aliphatic carbocycles. The van der Waals surface area contributed by atoms with E-state index in [1.807, 2.05) is 0 Å². The van der Waals surface area contributed by atoms with Gasteiger partial charge in [0, 0.05) is 29.4 Å².